The molecule has 0 amide bonds. The Labute approximate surface area is 139 Å². The molecule has 0 aliphatic heterocycles. The molecular formula is C17H20N6O. The van der Waals surface area contributed by atoms with Gasteiger partial charge in [-0.15, -0.1) is 0 Å². The fraction of sp³-hybridized carbons (Fsp3) is 0.471. The van der Waals surface area contributed by atoms with Crippen LogP contribution in [0, 0.1) is 13.8 Å². The number of nitrogens with one attached hydrogen (secondary N) is 1. The molecule has 24 heavy (non-hydrogen) atoms. The third-order valence-electron chi connectivity index (χ3n) is 4.51. The lowest BCUT2D eigenvalue weighted by Gasteiger charge is -2.20. The highest BCUT2D eigenvalue weighted by Crippen LogP contribution is 2.35. The summed E-state index contributed by atoms with van der Waals surface area (Å²) in [6.07, 6.45) is 5.83. The number of pyridine rings is 1. The van der Waals surface area contributed by atoms with Crippen LogP contribution in [0.5, 0.6) is 0 Å². The van der Waals surface area contributed by atoms with Crippen LogP contribution in [-0.4, -0.2) is 31.6 Å². The van der Waals surface area contributed by atoms with Crippen molar-refractivity contribution in [1.82, 2.24) is 25.1 Å². The van der Waals surface area contributed by atoms with Gasteiger partial charge in [0.2, 0.25) is 5.89 Å². The Morgan fingerprint density at radius 2 is 2.08 bits per heavy atom. The van der Waals surface area contributed by atoms with Gasteiger partial charge in [-0.1, -0.05) is 11.6 Å². The van der Waals surface area contributed by atoms with Crippen molar-refractivity contribution >= 4 is 16.9 Å². The Kier molecular flexibility index (Phi) is 3.84. The molecule has 0 unspecified atom stereocenters. The molecule has 0 aromatic carbocycles. The summed E-state index contributed by atoms with van der Waals surface area (Å²) in [6.45, 7) is 4.70. The van der Waals surface area contributed by atoms with E-state index in [-0.39, 0.29) is 0 Å². The number of rotatable bonds is 5. The molecule has 3 aromatic heterocycles. The summed E-state index contributed by atoms with van der Waals surface area (Å²) < 4.78 is 5.35. The van der Waals surface area contributed by atoms with E-state index >= 15 is 0 Å². The quantitative estimate of drug-likeness (QED) is 0.771. The zero-order valence-electron chi connectivity index (χ0n) is 13.9. The van der Waals surface area contributed by atoms with E-state index in [2.05, 4.69) is 37.3 Å². The van der Waals surface area contributed by atoms with Crippen LogP contribution in [0.4, 0.5) is 5.82 Å². The number of aryl methyl sites for hydroxylation is 2. The molecular weight excluding hydrogens is 304 g/mol. The van der Waals surface area contributed by atoms with Crippen LogP contribution in [0.15, 0.2) is 16.9 Å². The van der Waals surface area contributed by atoms with Crippen LogP contribution >= 0.6 is 0 Å². The molecule has 7 nitrogen and oxygen atoms in total. The highest BCUT2D eigenvalue weighted by Gasteiger charge is 2.25. The summed E-state index contributed by atoms with van der Waals surface area (Å²) >= 11 is 0. The molecule has 0 radical (unpaired) electrons. The highest BCUT2D eigenvalue weighted by atomic mass is 16.5. The third-order valence-corrected chi connectivity index (χ3v) is 4.51. The van der Waals surface area contributed by atoms with Crippen molar-refractivity contribution in [3.8, 4) is 0 Å². The maximum absolute atomic E-state index is 5.35. The summed E-state index contributed by atoms with van der Waals surface area (Å²) in [6, 6.07) is 2.04. The predicted molar refractivity (Wildman–Crippen MR) is 89.9 cm³/mol. The van der Waals surface area contributed by atoms with E-state index in [9.17, 15) is 0 Å². The van der Waals surface area contributed by atoms with Crippen LogP contribution in [-0.2, 0) is 6.42 Å². The van der Waals surface area contributed by atoms with Crippen LogP contribution < -0.4 is 5.32 Å². The lowest BCUT2D eigenvalue weighted by atomic mass is 9.85. The monoisotopic (exact) mass is 324 g/mol. The smallest absolute Gasteiger partial charge is 0.229 e. The number of hydrogen-bond acceptors (Lipinski definition) is 7. The number of fused-ring (bicyclic) bond motifs is 1. The molecule has 1 aliphatic carbocycles. The second kappa shape index (κ2) is 6.14. The van der Waals surface area contributed by atoms with E-state index in [1.54, 1.807) is 6.33 Å². The lowest BCUT2D eigenvalue weighted by Crippen LogP contribution is -2.10. The summed E-state index contributed by atoms with van der Waals surface area (Å²) in [7, 11) is 0. The van der Waals surface area contributed by atoms with E-state index in [4.69, 9.17) is 4.52 Å². The standard InChI is InChI=1S/C17H20N6O/c1-10-8-11(2)21-16-14(10)15(19-9-20-16)18-7-6-13-22-17(24-23-13)12-4-3-5-12/h8-9,12H,3-7H2,1-2H3,(H,18,19,20,21). The Hall–Kier alpha value is -2.57. The Balaban J connectivity index is 1.46. The minimum atomic E-state index is 0.474. The number of hydrogen-bond donors (Lipinski definition) is 1. The Bertz CT molecular complexity index is 871. The van der Waals surface area contributed by atoms with Crippen LogP contribution in [0.25, 0.3) is 11.0 Å². The number of nitrogens with zero attached hydrogens (tertiary/aromatic N) is 5. The van der Waals surface area contributed by atoms with Crippen molar-refractivity contribution in [1.29, 1.82) is 0 Å². The van der Waals surface area contributed by atoms with Crippen molar-refractivity contribution in [2.24, 2.45) is 0 Å². The molecule has 1 N–H and O–H groups in total. The first-order valence-electron chi connectivity index (χ1n) is 8.36. The largest absolute Gasteiger partial charge is 0.369 e. The fourth-order valence-electron chi connectivity index (χ4n) is 3.03. The van der Waals surface area contributed by atoms with Gasteiger partial charge < -0.3 is 9.84 Å². The van der Waals surface area contributed by atoms with E-state index in [0.717, 1.165) is 39.8 Å². The average Bonchev–Trinajstić information content (AvgIpc) is 2.93. The lowest BCUT2D eigenvalue weighted by molar-refractivity contribution is 0.291. The van der Waals surface area contributed by atoms with Gasteiger partial charge in [0, 0.05) is 24.6 Å². The maximum atomic E-state index is 5.35. The molecule has 1 fully saturated rings. The van der Waals surface area contributed by atoms with E-state index in [1.165, 1.54) is 19.3 Å². The average molecular weight is 324 g/mol. The van der Waals surface area contributed by atoms with Crippen molar-refractivity contribution < 1.29 is 4.52 Å². The first-order valence-corrected chi connectivity index (χ1v) is 8.36. The van der Waals surface area contributed by atoms with Crippen LogP contribution in [0.2, 0.25) is 0 Å². The van der Waals surface area contributed by atoms with Crippen molar-refractivity contribution in [3.05, 3.63) is 35.4 Å². The SMILES string of the molecule is Cc1cc(C)c2c(NCCc3noc(C4CCC4)n3)ncnc2n1. The Morgan fingerprint density at radius 1 is 1.21 bits per heavy atom. The molecule has 0 bridgehead atoms. The second-order valence-corrected chi connectivity index (χ2v) is 6.35. The highest BCUT2D eigenvalue weighted by molar-refractivity contribution is 5.89. The molecule has 3 heterocycles. The van der Waals surface area contributed by atoms with Gasteiger partial charge in [0.1, 0.15) is 12.1 Å². The normalized spacial score (nSPS) is 14.8. The summed E-state index contributed by atoms with van der Waals surface area (Å²) in [5, 5.41) is 8.38. The zero-order chi connectivity index (χ0) is 16.5. The minimum Gasteiger partial charge on any atom is -0.369 e. The Morgan fingerprint density at radius 3 is 2.88 bits per heavy atom. The summed E-state index contributed by atoms with van der Waals surface area (Å²) in [5.41, 5.74) is 2.80. The van der Waals surface area contributed by atoms with Gasteiger partial charge in [-0.2, -0.15) is 4.98 Å². The van der Waals surface area contributed by atoms with Gasteiger partial charge >= 0.3 is 0 Å². The predicted octanol–water partition coefficient (Wildman–Crippen LogP) is 2.95. The number of aromatic nitrogens is 5. The second-order valence-electron chi connectivity index (χ2n) is 6.35. The summed E-state index contributed by atoms with van der Waals surface area (Å²) in [5.74, 6) is 2.81. The molecule has 1 aliphatic rings. The summed E-state index contributed by atoms with van der Waals surface area (Å²) in [4.78, 5) is 17.6. The van der Waals surface area contributed by atoms with Gasteiger partial charge in [-0.25, -0.2) is 15.0 Å². The third kappa shape index (κ3) is 2.81. The molecule has 124 valence electrons. The molecule has 0 saturated heterocycles. The van der Waals surface area contributed by atoms with E-state index in [0.29, 0.717) is 18.9 Å². The van der Waals surface area contributed by atoms with Gasteiger partial charge in [0.25, 0.3) is 0 Å². The van der Waals surface area contributed by atoms with Crippen LogP contribution in [0.1, 0.15) is 48.2 Å². The van der Waals surface area contributed by atoms with Gasteiger partial charge in [-0.05, 0) is 38.3 Å². The van der Waals surface area contributed by atoms with E-state index in [1.807, 2.05) is 13.0 Å². The van der Waals surface area contributed by atoms with Gasteiger partial charge in [-0.3, -0.25) is 0 Å². The van der Waals surface area contributed by atoms with Crippen LogP contribution in [0.3, 0.4) is 0 Å². The molecule has 3 aromatic rings. The first-order chi connectivity index (χ1) is 11.7. The van der Waals surface area contributed by atoms with Gasteiger partial charge in [0.05, 0.1) is 5.39 Å². The molecule has 7 heteroatoms. The maximum Gasteiger partial charge on any atom is 0.229 e. The van der Waals surface area contributed by atoms with Crippen molar-refractivity contribution in [3.63, 3.8) is 0 Å². The van der Waals surface area contributed by atoms with Gasteiger partial charge in [0.15, 0.2) is 11.5 Å². The molecule has 0 atom stereocenters. The van der Waals surface area contributed by atoms with Crippen molar-refractivity contribution in [2.45, 2.75) is 45.4 Å². The number of anilines is 1. The molecule has 1 saturated carbocycles. The first kappa shape index (κ1) is 15.0. The molecule has 0 spiro atoms. The zero-order valence-corrected chi connectivity index (χ0v) is 13.9. The minimum absolute atomic E-state index is 0.474. The molecule has 4 rings (SSSR count). The van der Waals surface area contributed by atoms with E-state index < -0.39 is 0 Å². The van der Waals surface area contributed by atoms with Crippen molar-refractivity contribution in [2.75, 3.05) is 11.9 Å². The fourth-order valence-corrected chi connectivity index (χ4v) is 3.03. The topological polar surface area (TPSA) is 89.6 Å².